The maximum absolute atomic E-state index is 10.6. The third kappa shape index (κ3) is 9.79. The van der Waals surface area contributed by atoms with Crippen molar-refractivity contribution >= 4 is 5.96 Å². The summed E-state index contributed by atoms with van der Waals surface area (Å²) in [6.45, 7) is 14.4. The Kier molecular flexibility index (Phi) is 9.52. The van der Waals surface area contributed by atoms with E-state index in [1.807, 2.05) is 6.92 Å². The number of aliphatic imine (C=N–C) groups is 1. The zero-order valence-electron chi connectivity index (χ0n) is 15.4. The number of hydrogen-bond acceptors (Lipinski definition) is 4. The van der Waals surface area contributed by atoms with Crippen molar-refractivity contribution in [2.24, 2.45) is 10.9 Å². The first kappa shape index (κ1) is 20.2. The van der Waals surface area contributed by atoms with Gasteiger partial charge in [-0.1, -0.05) is 13.8 Å². The van der Waals surface area contributed by atoms with Gasteiger partial charge in [0.1, 0.15) is 0 Å². The summed E-state index contributed by atoms with van der Waals surface area (Å²) in [5.74, 6) is 1.52. The van der Waals surface area contributed by atoms with Gasteiger partial charge in [0.25, 0.3) is 0 Å². The topological polar surface area (TPSA) is 69.1 Å². The molecular formula is C17H36N4O2. The van der Waals surface area contributed by atoms with Crippen LogP contribution in [0.25, 0.3) is 0 Å². The molecule has 0 spiro atoms. The van der Waals surface area contributed by atoms with Crippen LogP contribution in [0.15, 0.2) is 4.99 Å². The Morgan fingerprint density at radius 2 is 2.00 bits per heavy atom. The quantitative estimate of drug-likeness (QED) is 0.335. The molecule has 0 aromatic rings. The van der Waals surface area contributed by atoms with Gasteiger partial charge in [-0.05, 0) is 32.6 Å². The van der Waals surface area contributed by atoms with Gasteiger partial charge in [-0.25, -0.2) is 0 Å². The molecule has 1 saturated heterocycles. The number of nitrogens with zero attached hydrogens (tertiary/aromatic N) is 2. The lowest BCUT2D eigenvalue weighted by molar-refractivity contribution is -0.0179. The minimum Gasteiger partial charge on any atom is -0.387 e. The number of guanidine groups is 1. The molecule has 0 aromatic carbocycles. The Morgan fingerprint density at radius 3 is 2.61 bits per heavy atom. The fraction of sp³-hybridized carbons (Fsp3) is 0.941. The molecule has 1 rings (SSSR count). The van der Waals surface area contributed by atoms with Crippen molar-refractivity contribution in [3.8, 4) is 0 Å². The molecule has 1 aliphatic rings. The van der Waals surface area contributed by atoms with Gasteiger partial charge in [0.2, 0.25) is 0 Å². The fourth-order valence-corrected chi connectivity index (χ4v) is 2.60. The van der Waals surface area contributed by atoms with Crippen LogP contribution in [0.5, 0.6) is 0 Å². The van der Waals surface area contributed by atoms with Crippen LogP contribution in [0.4, 0.5) is 0 Å². The Bertz CT molecular complexity index is 339. The van der Waals surface area contributed by atoms with E-state index in [0.29, 0.717) is 13.1 Å². The van der Waals surface area contributed by atoms with E-state index in [-0.39, 0.29) is 0 Å². The first-order valence-corrected chi connectivity index (χ1v) is 8.97. The van der Waals surface area contributed by atoms with Crippen LogP contribution in [0.3, 0.4) is 0 Å². The smallest absolute Gasteiger partial charge is 0.191 e. The number of aliphatic hydroxyl groups is 1. The van der Waals surface area contributed by atoms with E-state index < -0.39 is 5.60 Å². The van der Waals surface area contributed by atoms with E-state index in [0.717, 1.165) is 57.7 Å². The van der Waals surface area contributed by atoms with E-state index in [1.165, 1.54) is 6.42 Å². The van der Waals surface area contributed by atoms with Gasteiger partial charge in [-0.2, -0.15) is 0 Å². The molecule has 1 atom stereocenters. The second kappa shape index (κ2) is 10.8. The lowest BCUT2D eigenvalue weighted by atomic mass is 10.1. The molecule has 0 aliphatic carbocycles. The number of rotatable bonds is 9. The van der Waals surface area contributed by atoms with Crippen molar-refractivity contribution in [2.75, 3.05) is 52.5 Å². The highest BCUT2D eigenvalue weighted by Gasteiger charge is 2.25. The third-order valence-corrected chi connectivity index (χ3v) is 3.84. The van der Waals surface area contributed by atoms with Crippen molar-refractivity contribution in [3.05, 3.63) is 0 Å². The molecule has 1 fully saturated rings. The highest BCUT2D eigenvalue weighted by Crippen LogP contribution is 2.09. The van der Waals surface area contributed by atoms with Gasteiger partial charge in [-0.15, -0.1) is 0 Å². The average Bonchev–Trinajstić information content (AvgIpc) is 2.49. The van der Waals surface area contributed by atoms with Crippen molar-refractivity contribution in [1.29, 1.82) is 0 Å². The number of β-amino-alcohol motifs (C(OH)–C–C–N with tert-alkyl or cyclic N) is 1. The minimum absolute atomic E-state index is 0.393. The van der Waals surface area contributed by atoms with Crippen LogP contribution in [-0.4, -0.2) is 74.0 Å². The predicted molar refractivity (Wildman–Crippen MR) is 95.9 cm³/mol. The second-order valence-corrected chi connectivity index (χ2v) is 7.04. The van der Waals surface area contributed by atoms with Crippen LogP contribution in [0.2, 0.25) is 0 Å². The van der Waals surface area contributed by atoms with E-state index in [9.17, 15) is 5.11 Å². The number of hydrogen-bond donors (Lipinski definition) is 3. The zero-order chi connectivity index (χ0) is 17.1. The maximum atomic E-state index is 10.6. The molecule has 23 heavy (non-hydrogen) atoms. The molecule has 1 heterocycles. The van der Waals surface area contributed by atoms with Crippen LogP contribution in [0.1, 0.15) is 40.5 Å². The molecule has 0 saturated carbocycles. The normalized spacial score (nSPS) is 19.7. The SMILES string of the molecule is CCNC(=NCC(C)(O)CN1CCOCC1)NCCCC(C)C. The first-order valence-electron chi connectivity index (χ1n) is 8.97. The second-order valence-electron chi connectivity index (χ2n) is 7.04. The monoisotopic (exact) mass is 328 g/mol. The molecule has 0 bridgehead atoms. The van der Waals surface area contributed by atoms with Gasteiger partial charge in [0.15, 0.2) is 5.96 Å². The Labute approximate surface area is 141 Å². The summed E-state index contributed by atoms with van der Waals surface area (Å²) in [6, 6.07) is 0. The molecule has 0 radical (unpaired) electrons. The van der Waals surface area contributed by atoms with Gasteiger partial charge < -0.3 is 20.5 Å². The summed E-state index contributed by atoms with van der Waals surface area (Å²) in [6.07, 6.45) is 2.34. The number of morpholine rings is 1. The van der Waals surface area contributed by atoms with E-state index in [4.69, 9.17) is 4.74 Å². The lowest BCUT2D eigenvalue weighted by Gasteiger charge is -2.33. The zero-order valence-corrected chi connectivity index (χ0v) is 15.4. The molecule has 3 N–H and O–H groups in total. The van der Waals surface area contributed by atoms with Crippen molar-refractivity contribution in [1.82, 2.24) is 15.5 Å². The van der Waals surface area contributed by atoms with Crippen molar-refractivity contribution < 1.29 is 9.84 Å². The van der Waals surface area contributed by atoms with Crippen LogP contribution in [-0.2, 0) is 4.74 Å². The summed E-state index contributed by atoms with van der Waals surface area (Å²) in [5, 5.41) is 17.2. The van der Waals surface area contributed by atoms with Gasteiger partial charge >= 0.3 is 0 Å². The highest BCUT2D eigenvalue weighted by atomic mass is 16.5. The van der Waals surface area contributed by atoms with Gasteiger partial charge in [-0.3, -0.25) is 9.89 Å². The summed E-state index contributed by atoms with van der Waals surface area (Å²) in [5.41, 5.74) is -0.822. The van der Waals surface area contributed by atoms with Crippen LogP contribution < -0.4 is 10.6 Å². The molecule has 1 aliphatic heterocycles. The van der Waals surface area contributed by atoms with Crippen molar-refractivity contribution in [3.63, 3.8) is 0 Å². The molecule has 6 heteroatoms. The Balaban J connectivity index is 2.40. The third-order valence-electron chi connectivity index (χ3n) is 3.84. The number of nitrogens with one attached hydrogen (secondary N) is 2. The molecule has 6 nitrogen and oxygen atoms in total. The van der Waals surface area contributed by atoms with Crippen LogP contribution >= 0.6 is 0 Å². The standard InChI is InChI=1S/C17H36N4O2/c1-5-18-16(19-8-6-7-15(2)3)20-13-17(4,22)14-21-9-11-23-12-10-21/h15,22H,5-14H2,1-4H3,(H2,18,19,20). The van der Waals surface area contributed by atoms with Crippen LogP contribution in [0, 0.1) is 5.92 Å². The Morgan fingerprint density at radius 1 is 1.30 bits per heavy atom. The first-order chi connectivity index (χ1) is 10.9. The summed E-state index contributed by atoms with van der Waals surface area (Å²) < 4.78 is 5.35. The van der Waals surface area contributed by atoms with Gasteiger partial charge in [0, 0.05) is 32.7 Å². The molecule has 0 aromatic heterocycles. The van der Waals surface area contributed by atoms with E-state index >= 15 is 0 Å². The summed E-state index contributed by atoms with van der Waals surface area (Å²) in [7, 11) is 0. The largest absolute Gasteiger partial charge is 0.387 e. The summed E-state index contributed by atoms with van der Waals surface area (Å²) >= 11 is 0. The van der Waals surface area contributed by atoms with Crippen molar-refractivity contribution in [2.45, 2.75) is 46.1 Å². The fourth-order valence-electron chi connectivity index (χ4n) is 2.60. The molecule has 136 valence electrons. The molecule has 1 unspecified atom stereocenters. The number of ether oxygens (including phenoxy) is 1. The molecular weight excluding hydrogens is 292 g/mol. The van der Waals surface area contributed by atoms with E-state index in [2.05, 4.69) is 41.3 Å². The predicted octanol–water partition coefficient (Wildman–Crippen LogP) is 1.06. The lowest BCUT2D eigenvalue weighted by Crippen LogP contribution is -2.48. The minimum atomic E-state index is -0.822. The average molecular weight is 329 g/mol. The Hall–Kier alpha value is -0.850. The highest BCUT2D eigenvalue weighted by molar-refractivity contribution is 5.79. The summed E-state index contributed by atoms with van der Waals surface area (Å²) in [4.78, 5) is 6.79. The molecule has 0 amide bonds. The van der Waals surface area contributed by atoms with Gasteiger partial charge in [0.05, 0.1) is 25.4 Å². The van der Waals surface area contributed by atoms with E-state index in [1.54, 1.807) is 0 Å². The maximum Gasteiger partial charge on any atom is 0.191 e.